The van der Waals surface area contributed by atoms with Crippen molar-refractivity contribution in [2.75, 3.05) is 31.1 Å². The summed E-state index contributed by atoms with van der Waals surface area (Å²) >= 11 is 0. The topological polar surface area (TPSA) is 81.1 Å². The Morgan fingerprint density at radius 1 is 1.00 bits per heavy atom. The summed E-state index contributed by atoms with van der Waals surface area (Å²) < 4.78 is 0. The smallest absolute Gasteiger partial charge is 0.307 e. The van der Waals surface area contributed by atoms with Crippen LogP contribution in [-0.4, -0.2) is 53.2 Å². The fourth-order valence-electron chi connectivity index (χ4n) is 2.82. The van der Waals surface area contributed by atoms with Crippen LogP contribution in [0.2, 0.25) is 0 Å². The molecule has 0 aromatic heterocycles. The van der Waals surface area contributed by atoms with Gasteiger partial charge in [-0.15, -0.1) is 0 Å². The summed E-state index contributed by atoms with van der Waals surface area (Å²) in [5.74, 6) is -1.44. The molecule has 2 fully saturated rings. The van der Waals surface area contributed by atoms with Crippen molar-refractivity contribution < 1.29 is 19.8 Å². The van der Waals surface area contributed by atoms with Crippen molar-refractivity contribution in [2.24, 2.45) is 11.8 Å². The Hall–Kier alpha value is -2.24. The summed E-state index contributed by atoms with van der Waals surface area (Å²) in [7, 11) is 0. The summed E-state index contributed by atoms with van der Waals surface area (Å²) in [5, 5.41) is 18.2. The summed E-state index contributed by atoms with van der Waals surface area (Å²) in [6.45, 7) is 2.67. The van der Waals surface area contributed by atoms with Gasteiger partial charge >= 0.3 is 5.97 Å². The molecule has 112 valence electrons. The zero-order valence-electron chi connectivity index (χ0n) is 11.6. The lowest BCUT2D eigenvalue weighted by atomic mass is 10.2. The number of hydrogen-bond acceptors (Lipinski definition) is 4. The van der Waals surface area contributed by atoms with E-state index in [0.717, 1.165) is 18.8 Å². The molecule has 0 spiro atoms. The van der Waals surface area contributed by atoms with Crippen LogP contribution in [0.1, 0.15) is 6.42 Å². The molecule has 1 saturated heterocycles. The molecule has 6 heteroatoms. The quantitative estimate of drug-likeness (QED) is 0.859. The van der Waals surface area contributed by atoms with Crippen LogP contribution in [0.5, 0.6) is 5.75 Å². The Balaban J connectivity index is 1.54. The number of carbonyl (C=O) groups is 2. The highest BCUT2D eigenvalue weighted by Crippen LogP contribution is 2.40. The third kappa shape index (κ3) is 2.79. The normalized spacial score (nSPS) is 24.8. The molecule has 1 aromatic rings. The second-order valence-corrected chi connectivity index (χ2v) is 5.62. The number of rotatable bonds is 3. The number of aromatic hydroxyl groups is 1. The number of amides is 1. The van der Waals surface area contributed by atoms with Crippen molar-refractivity contribution in [1.29, 1.82) is 0 Å². The molecule has 2 aliphatic rings. The van der Waals surface area contributed by atoms with E-state index in [2.05, 4.69) is 4.90 Å². The minimum atomic E-state index is -0.865. The lowest BCUT2D eigenvalue weighted by Crippen LogP contribution is -2.49. The number of anilines is 1. The van der Waals surface area contributed by atoms with Crippen LogP contribution in [0.3, 0.4) is 0 Å². The van der Waals surface area contributed by atoms with Crippen LogP contribution < -0.4 is 4.90 Å². The zero-order chi connectivity index (χ0) is 15.0. The van der Waals surface area contributed by atoms with Crippen molar-refractivity contribution in [1.82, 2.24) is 4.90 Å². The number of phenolic OH excluding ortho intramolecular Hbond substituents is 1. The van der Waals surface area contributed by atoms with Crippen LogP contribution in [0.4, 0.5) is 5.69 Å². The van der Waals surface area contributed by atoms with Gasteiger partial charge in [-0.1, -0.05) is 0 Å². The van der Waals surface area contributed by atoms with Crippen molar-refractivity contribution in [3.8, 4) is 5.75 Å². The van der Waals surface area contributed by atoms with Gasteiger partial charge in [-0.2, -0.15) is 0 Å². The van der Waals surface area contributed by atoms with Gasteiger partial charge in [0.2, 0.25) is 5.91 Å². The molecule has 2 N–H and O–H groups in total. The molecule has 6 nitrogen and oxygen atoms in total. The Labute approximate surface area is 122 Å². The maximum absolute atomic E-state index is 12.2. The maximum Gasteiger partial charge on any atom is 0.307 e. The fourth-order valence-corrected chi connectivity index (χ4v) is 2.82. The average molecular weight is 290 g/mol. The van der Waals surface area contributed by atoms with Crippen LogP contribution >= 0.6 is 0 Å². The number of piperazine rings is 1. The molecule has 1 heterocycles. The van der Waals surface area contributed by atoms with E-state index in [4.69, 9.17) is 5.11 Å². The Morgan fingerprint density at radius 2 is 1.62 bits per heavy atom. The van der Waals surface area contributed by atoms with E-state index < -0.39 is 11.9 Å². The van der Waals surface area contributed by atoms with Gasteiger partial charge in [-0.05, 0) is 30.7 Å². The van der Waals surface area contributed by atoms with Crippen molar-refractivity contribution in [3.63, 3.8) is 0 Å². The summed E-state index contributed by atoms with van der Waals surface area (Å²) in [6.07, 6.45) is 0.479. The molecular weight excluding hydrogens is 272 g/mol. The first-order valence-electron chi connectivity index (χ1n) is 7.12. The number of nitrogens with zero attached hydrogens (tertiary/aromatic N) is 2. The molecule has 2 atom stereocenters. The van der Waals surface area contributed by atoms with Crippen molar-refractivity contribution >= 4 is 17.6 Å². The predicted octanol–water partition coefficient (Wildman–Crippen LogP) is 0.762. The van der Waals surface area contributed by atoms with Gasteiger partial charge in [0.05, 0.1) is 11.8 Å². The lowest BCUT2D eigenvalue weighted by Gasteiger charge is -2.36. The highest BCUT2D eigenvalue weighted by Gasteiger charge is 2.49. The largest absolute Gasteiger partial charge is 0.508 e. The van der Waals surface area contributed by atoms with Gasteiger partial charge in [-0.25, -0.2) is 0 Å². The standard InChI is InChI=1S/C15H18N2O4/c18-11-3-1-10(2-4-11)16-5-7-17(8-6-16)14(19)12-9-13(12)15(20)21/h1-4,12-13,18H,5-9H2,(H,20,21)/t12-,13+/m1/s1. The van der Waals surface area contributed by atoms with Crippen LogP contribution in [0, 0.1) is 11.8 Å². The molecule has 0 unspecified atom stereocenters. The van der Waals surface area contributed by atoms with E-state index in [0.29, 0.717) is 19.5 Å². The predicted molar refractivity (Wildman–Crippen MR) is 76.1 cm³/mol. The highest BCUT2D eigenvalue weighted by molar-refractivity contribution is 5.89. The number of carboxylic acids is 1. The number of hydrogen-bond donors (Lipinski definition) is 2. The molecule has 0 bridgehead atoms. The number of carboxylic acid groups (broad SMARTS) is 1. The monoisotopic (exact) mass is 290 g/mol. The molecule has 1 saturated carbocycles. The number of carbonyl (C=O) groups excluding carboxylic acids is 1. The molecule has 1 aromatic carbocycles. The number of benzene rings is 1. The van der Waals surface area contributed by atoms with E-state index in [1.54, 1.807) is 17.0 Å². The van der Waals surface area contributed by atoms with Gasteiger partial charge in [-0.3, -0.25) is 9.59 Å². The Kier molecular flexibility index (Phi) is 3.45. The molecule has 1 amide bonds. The molecular formula is C15H18N2O4. The molecule has 1 aliphatic carbocycles. The lowest BCUT2D eigenvalue weighted by molar-refractivity contribution is -0.142. The van der Waals surface area contributed by atoms with Gasteiger partial charge in [0.1, 0.15) is 5.75 Å². The van der Waals surface area contributed by atoms with Gasteiger partial charge in [0, 0.05) is 31.9 Å². The van der Waals surface area contributed by atoms with E-state index >= 15 is 0 Å². The van der Waals surface area contributed by atoms with Crippen LogP contribution in [0.15, 0.2) is 24.3 Å². The van der Waals surface area contributed by atoms with Gasteiger partial charge in [0.15, 0.2) is 0 Å². The van der Waals surface area contributed by atoms with Crippen LogP contribution in [-0.2, 0) is 9.59 Å². The highest BCUT2D eigenvalue weighted by atomic mass is 16.4. The number of phenols is 1. The third-order valence-corrected chi connectivity index (χ3v) is 4.23. The summed E-state index contributed by atoms with van der Waals surface area (Å²) in [6, 6.07) is 7.01. The first kappa shape index (κ1) is 13.7. The molecule has 1 aliphatic heterocycles. The number of aliphatic carboxylic acids is 1. The fraction of sp³-hybridized carbons (Fsp3) is 0.467. The van der Waals surface area contributed by atoms with Gasteiger partial charge in [0.25, 0.3) is 0 Å². The summed E-state index contributed by atoms with van der Waals surface area (Å²) in [4.78, 5) is 26.9. The van der Waals surface area contributed by atoms with Crippen LogP contribution in [0.25, 0.3) is 0 Å². The van der Waals surface area contributed by atoms with Crippen molar-refractivity contribution in [3.05, 3.63) is 24.3 Å². The summed E-state index contributed by atoms with van der Waals surface area (Å²) in [5.41, 5.74) is 1.02. The first-order chi connectivity index (χ1) is 10.1. The van der Waals surface area contributed by atoms with Gasteiger partial charge < -0.3 is 20.0 Å². The minimum Gasteiger partial charge on any atom is -0.508 e. The second kappa shape index (κ2) is 5.27. The van der Waals surface area contributed by atoms with E-state index in [1.807, 2.05) is 12.1 Å². The Morgan fingerprint density at radius 3 is 2.14 bits per heavy atom. The maximum atomic E-state index is 12.2. The average Bonchev–Trinajstić information content (AvgIpc) is 3.28. The Bertz CT molecular complexity index is 549. The second-order valence-electron chi connectivity index (χ2n) is 5.62. The first-order valence-corrected chi connectivity index (χ1v) is 7.12. The molecule has 21 heavy (non-hydrogen) atoms. The van der Waals surface area contributed by atoms with E-state index in [-0.39, 0.29) is 17.6 Å². The minimum absolute atomic E-state index is 0.0206. The van der Waals surface area contributed by atoms with E-state index in [1.165, 1.54) is 0 Å². The SMILES string of the molecule is O=C(O)[C@H]1C[C@H]1C(=O)N1CCN(c2ccc(O)cc2)CC1. The molecule has 0 radical (unpaired) electrons. The molecule has 3 rings (SSSR count). The van der Waals surface area contributed by atoms with Crippen molar-refractivity contribution in [2.45, 2.75) is 6.42 Å². The zero-order valence-corrected chi connectivity index (χ0v) is 11.6. The van der Waals surface area contributed by atoms with E-state index in [9.17, 15) is 14.7 Å². The third-order valence-electron chi connectivity index (χ3n) is 4.23.